The zero-order valence-corrected chi connectivity index (χ0v) is 16.5. The number of carbonyl (C=O) groups is 1. The van der Waals surface area contributed by atoms with Crippen LogP contribution in [0, 0.1) is 11.3 Å². The van der Waals surface area contributed by atoms with Crippen molar-refractivity contribution in [3.63, 3.8) is 0 Å². The van der Waals surface area contributed by atoms with Crippen molar-refractivity contribution in [1.29, 1.82) is 5.26 Å². The summed E-state index contributed by atoms with van der Waals surface area (Å²) in [7, 11) is 0. The third kappa shape index (κ3) is 4.67. The van der Waals surface area contributed by atoms with Gasteiger partial charge in [-0.1, -0.05) is 24.3 Å². The highest BCUT2D eigenvalue weighted by molar-refractivity contribution is 5.95. The third-order valence-electron chi connectivity index (χ3n) is 4.14. The summed E-state index contributed by atoms with van der Waals surface area (Å²) in [5.41, 5.74) is 10.8. The lowest BCUT2D eigenvalue weighted by atomic mass is 9.99. The molecule has 0 radical (unpaired) electrons. The van der Waals surface area contributed by atoms with Crippen LogP contribution < -0.4 is 11.1 Å². The largest absolute Gasteiger partial charge is 0.383 e. The van der Waals surface area contributed by atoms with Gasteiger partial charge >= 0.3 is 0 Å². The molecule has 0 aliphatic rings. The molecular weight excluding hydrogens is 372 g/mol. The van der Waals surface area contributed by atoms with Crippen molar-refractivity contribution >= 4 is 24.1 Å². The molecule has 2 aromatic carbocycles. The molecule has 0 unspecified atom stereocenters. The van der Waals surface area contributed by atoms with E-state index in [1.807, 2.05) is 44.2 Å². The lowest BCUT2D eigenvalue weighted by molar-refractivity contribution is 0.0943. The molecule has 0 bridgehead atoms. The third-order valence-corrected chi connectivity index (χ3v) is 4.14. The van der Waals surface area contributed by atoms with E-state index >= 15 is 0 Å². The Balaban J connectivity index is 0.00000280. The number of halogens is 1. The minimum Gasteiger partial charge on any atom is -0.383 e. The number of nitrogen functional groups attached to an aromatic ring is 1. The number of amides is 1. The number of carbonyl (C=O) groups excluding carboxylic acids is 1. The van der Waals surface area contributed by atoms with E-state index in [0.29, 0.717) is 16.9 Å². The van der Waals surface area contributed by atoms with E-state index < -0.39 is 0 Å². The van der Waals surface area contributed by atoms with Crippen molar-refractivity contribution in [2.75, 3.05) is 5.73 Å². The first kappa shape index (κ1) is 20.9. The topological polar surface area (TPSA) is 91.8 Å². The van der Waals surface area contributed by atoms with Gasteiger partial charge in [0, 0.05) is 28.9 Å². The maximum atomic E-state index is 12.1. The van der Waals surface area contributed by atoms with Crippen LogP contribution in [-0.4, -0.2) is 16.9 Å². The highest BCUT2D eigenvalue weighted by Gasteiger charge is 2.10. The molecule has 3 N–H and O–H groups in total. The fraction of sp³-hybridized carbons (Fsp3) is 0.136. The fourth-order valence-electron chi connectivity index (χ4n) is 2.75. The second-order valence-electron chi connectivity index (χ2n) is 6.55. The minimum absolute atomic E-state index is 0. The average molecular weight is 393 g/mol. The number of aromatic nitrogens is 1. The first-order chi connectivity index (χ1) is 13.0. The van der Waals surface area contributed by atoms with Gasteiger partial charge in [0.25, 0.3) is 5.91 Å². The van der Waals surface area contributed by atoms with Gasteiger partial charge in [-0.05, 0) is 55.3 Å². The van der Waals surface area contributed by atoms with Crippen LogP contribution in [0.25, 0.3) is 22.3 Å². The van der Waals surface area contributed by atoms with E-state index in [2.05, 4.69) is 16.4 Å². The van der Waals surface area contributed by atoms with Gasteiger partial charge in [-0.25, -0.2) is 4.98 Å². The predicted octanol–water partition coefficient (Wildman–Crippen LogP) is 4.43. The molecule has 0 spiro atoms. The zero-order valence-electron chi connectivity index (χ0n) is 15.6. The molecule has 0 saturated carbocycles. The zero-order chi connectivity index (χ0) is 19.4. The molecule has 3 rings (SSSR count). The number of nitrogens with one attached hydrogen (secondary N) is 1. The normalized spacial score (nSPS) is 10.1. The lowest BCUT2D eigenvalue weighted by Gasteiger charge is -2.11. The monoisotopic (exact) mass is 392 g/mol. The minimum atomic E-state index is -0.103. The van der Waals surface area contributed by atoms with Gasteiger partial charge in [0.15, 0.2) is 0 Å². The first-order valence-electron chi connectivity index (χ1n) is 8.65. The number of benzene rings is 2. The van der Waals surface area contributed by atoms with Crippen LogP contribution >= 0.6 is 12.4 Å². The van der Waals surface area contributed by atoms with Gasteiger partial charge in [-0.15, -0.1) is 12.4 Å². The van der Waals surface area contributed by atoms with Gasteiger partial charge < -0.3 is 11.1 Å². The summed E-state index contributed by atoms with van der Waals surface area (Å²) in [6.45, 7) is 3.85. The standard InChI is InChI=1S/C22H20N4O.ClH/c1-14(2)26-22(27)18-9-7-17(8-10-18)20-11-19(13-25-21(20)24)16-5-3-15(12-23)4-6-16;/h3-11,13-14H,1-2H3,(H2,24,25)(H,26,27);1H. The van der Waals surface area contributed by atoms with E-state index in [4.69, 9.17) is 11.0 Å². The average Bonchev–Trinajstić information content (AvgIpc) is 2.68. The van der Waals surface area contributed by atoms with Crippen molar-refractivity contribution in [2.45, 2.75) is 19.9 Å². The number of hydrogen-bond acceptors (Lipinski definition) is 4. The number of pyridine rings is 1. The Morgan fingerprint density at radius 1 is 1.04 bits per heavy atom. The summed E-state index contributed by atoms with van der Waals surface area (Å²) in [5, 5.41) is 11.8. The Hall–Kier alpha value is -3.36. The summed E-state index contributed by atoms with van der Waals surface area (Å²) < 4.78 is 0. The van der Waals surface area contributed by atoms with Crippen LogP contribution in [0.4, 0.5) is 5.82 Å². The fourth-order valence-corrected chi connectivity index (χ4v) is 2.75. The SMILES string of the molecule is CC(C)NC(=O)c1ccc(-c2cc(-c3ccc(C#N)cc3)cnc2N)cc1.Cl. The van der Waals surface area contributed by atoms with E-state index in [0.717, 1.165) is 22.3 Å². The van der Waals surface area contributed by atoms with Crippen molar-refractivity contribution in [3.05, 3.63) is 71.9 Å². The molecule has 28 heavy (non-hydrogen) atoms. The quantitative estimate of drug-likeness (QED) is 0.687. The van der Waals surface area contributed by atoms with Crippen molar-refractivity contribution in [1.82, 2.24) is 10.3 Å². The van der Waals surface area contributed by atoms with Crippen LogP contribution in [0.5, 0.6) is 0 Å². The van der Waals surface area contributed by atoms with Crippen LogP contribution in [0.3, 0.4) is 0 Å². The van der Waals surface area contributed by atoms with E-state index in [1.165, 1.54) is 0 Å². The molecule has 1 heterocycles. The van der Waals surface area contributed by atoms with Crippen LogP contribution in [-0.2, 0) is 0 Å². The molecule has 6 heteroatoms. The summed E-state index contributed by atoms with van der Waals surface area (Å²) in [4.78, 5) is 16.4. The summed E-state index contributed by atoms with van der Waals surface area (Å²) >= 11 is 0. The summed E-state index contributed by atoms with van der Waals surface area (Å²) in [6.07, 6.45) is 1.71. The molecule has 0 aliphatic heterocycles. The Morgan fingerprint density at radius 2 is 1.64 bits per heavy atom. The van der Waals surface area contributed by atoms with Crippen LogP contribution in [0.15, 0.2) is 60.8 Å². The van der Waals surface area contributed by atoms with Gasteiger partial charge in [-0.2, -0.15) is 5.26 Å². The molecule has 5 nitrogen and oxygen atoms in total. The van der Waals surface area contributed by atoms with E-state index in [-0.39, 0.29) is 24.4 Å². The summed E-state index contributed by atoms with van der Waals surface area (Å²) in [5.74, 6) is 0.320. The number of anilines is 1. The number of nitrogens with zero attached hydrogens (tertiary/aromatic N) is 2. The second kappa shape index (κ2) is 9.03. The highest BCUT2D eigenvalue weighted by Crippen LogP contribution is 2.30. The number of rotatable bonds is 4. The smallest absolute Gasteiger partial charge is 0.251 e. The van der Waals surface area contributed by atoms with Gasteiger partial charge in [0.05, 0.1) is 11.6 Å². The molecule has 1 amide bonds. The van der Waals surface area contributed by atoms with Crippen molar-refractivity contribution in [2.24, 2.45) is 0 Å². The maximum Gasteiger partial charge on any atom is 0.251 e. The van der Waals surface area contributed by atoms with E-state index in [1.54, 1.807) is 30.5 Å². The lowest BCUT2D eigenvalue weighted by Crippen LogP contribution is -2.29. The first-order valence-corrected chi connectivity index (χ1v) is 8.65. The molecule has 3 aromatic rings. The molecule has 0 atom stereocenters. The number of nitrogens with two attached hydrogens (primary N) is 1. The van der Waals surface area contributed by atoms with Gasteiger partial charge in [0.1, 0.15) is 5.82 Å². The predicted molar refractivity (Wildman–Crippen MR) is 114 cm³/mol. The number of nitriles is 1. The molecule has 0 aliphatic carbocycles. The van der Waals surface area contributed by atoms with Crippen LogP contribution in [0.1, 0.15) is 29.8 Å². The van der Waals surface area contributed by atoms with E-state index in [9.17, 15) is 4.79 Å². The molecular formula is C22H21ClN4O. The van der Waals surface area contributed by atoms with Crippen LogP contribution in [0.2, 0.25) is 0 Å². The molecule has 142 valence electrons. The maximum absolute atomic E-state index is 12.1. The Bertz CT molecular complexity index is 1010. The molecule has 1 aromatic heterocycles. The van der Waals surface area contributed by atoms with Crippen molar-refractivity contribution in [3.8, 4) is 28.3 Å². The Kier molecular flexibility index (Phi) is 6.75. The molecule has 0 saturated heterocycles. The molecule has 0 fully saturated rings. The Labute approximate surface area is 170 Å². The Morgan fingerprint density at radius 3 is 2.21 bits per heavy atom. The number of hydrogen-bond donors (Lipinski definition) is 2. The highest BCUT2D eigenvalue weighted by atomic mass is 35.5. The van der Waals surface area contributed by atoms with Gasteiger partial charge in [-0.3, -0.25) is 4.79 Å². The van der Waals surface area contributed by atoms with Crippen molar-refractivity contribution < 1.29 is 4.79 Å². The summed E-state index contributed by atoms with van der Waals surface area (Å²) in [6, 6.07) is 18.8. The van der Waals surface area contributed by atoms with Gasteiger partial charge in [0.2, 0.25) is 0 Å². The second-order valence-corrected chi connectivity index (χ2v) is 6.55.